The summed E-state index contributed by atoms with van der Waals surface area (Å²) in [6, 6.07) is 7.22. The van der Waals surface area contributed by atoms with Crippen molar-refractivity contribution in [2.45, 2.75) is 20.8 Å². The Morgan fingerprint density at radius 1 is 1.17 bits per heavy atom. The molecule has 1 N–H and O–H groups in total. The van der Waals surface area contributed by atoms with Crippen LogP contribution in [0.2, 0.25) is 0 Å². The number of aromatic amines is 1. The molecule has 0 fully saturated rings. The van der Waals surface area contributed by atoms with E-state index in [1.165, 1.54) is 0 Å². The number of halogens is 1. The first-order chi connectivity index (χ1) is 10.9. The summed E-state index contributed by atoms with van der Waals surface area (Å²) in [6.45, 7) is 5.39. The normalized spacial score (nSPS) is 10.4. The van der Waals surface area contributed by atoms with Crippen molar-refractivity contribution in [1.29, 1.82) is 0 Å². The summed E-state index contributed by atoms with van der Waals surface area (Å²) in [6.07, 6.45) is 0. The fourth-order valence-electron chi connectivity index (χ4n) is 2.29. The van der Waals surface area contributed by atoms with Gasteiger partial charge in [-0.15, -0.1) is 0 Å². The number of hydrogen-bond donors (Lipinski definition) is 1. The molecule has 23 heavy (non-hydrogen) atoms. The second kappa shape index (κ2) is 7.46. The number of ether oxygens (including phenoxy) is 2. The highest BCUT2D eigenvalue weighted by Crippen LogP contribution is 2.20. The number of nitrogens with one attached hydrogen (secondary N) is 1. The van der Waals surface area contributed by atoms with Crippen LogP contribution in [0.1, 0.15) is 39.0 Å². The predicted molar refractivity (Wildman–Crippen MR) is 90.2 cm³/mol. The molecule has 0 saturated carbocycles. The Hall–Kier alpha value is -2.08. The Morgan fingerprint density at radius 3 is 2.43 bits per heavy atom. The van der Waals surface area contributed by atoms with Gasteiger partial charge in [0.25, 0.3) is 0 Å². The number of aromatic nitrogens is 1. The van der Waals surface area contributed by atoms with E-state index in [9.17, 15) is 9.59 Å². The molecule has 0 radical (unpaired) electrons. The number of hydrogen-bond acceptors (Lipinski definition) is 4. The van der Waals surface area contributed by atoms with Crippen LogP contribution in [0.25, 0.3) is 0 Å². The van der Waals surface area contributed by atoms with Crippen molar-refractivity contribution in [2.75, 3.05) is 13.2 Å². The number of carbonyl (C=O) groups is 2. The molecule has 0 aliphatic heterocycles. The quantitative estimate of drug-likeness (QED) is 0.611. The molecular weight excluding hydrogens is 362 g/mol. The molecule has 6 heteroatoms. The van der Waals surface area contributed by atoms with Crippen LogP contribution in [-0.2, 0) is 4.74 Å². The fourth-order valence-corrected chi connectivity index (χ4v) is 2.55. The largest absolute Gasteiger partial charge is 0.485 e. The van der Waals surface area contributed by atoms with E-state index in [0.29, 0.717) is 34.9 Å². The van der Waals surface area contributed by atoms with E-state index in [4.69, 9.17) is 9.47 Å². The number of rotatable bonds is 6. The smallest absolute Gasteiger partial charge is 0.340 e. The summed E-state index contributed by atoms with van der Waals surface area (Å²) >= 11 is 3.34. The number of Topliss-reactive ketones (excluding diaryl/α,β-unsaturated/α-hetero) is 1. The topological polar surface area (TPSA) is 68.4 Å². The van der Waals surface area contributed by atoms with Crippen molar-refractivity contribution in [3.8, 4) is 5.75 Å². The molecule has 122 valence electrons. The van der Waals surface area contributed by atoms with Crippen molar-refractivity contribution in [3.63, 3.8) is 0 Å². The maximum atomic E-state index is 12.3. The van der Waals surface area contributed by atoms with E-state index in [1.54, 1.807) is 32.9 Å². The Morgan fingerprint density at radius 2 is 1.83 bits per heavy atom. The summed E-state index contributed by atoms with van der Waals surface area (Å²) in [5, 5.41) is 0. The van der Waals surface area contributed by atoms with Gasteiger partial charge in [-0.3, -0.25) is 4.79 Å². The van der Waals surface area contributed by atoms with Crippen molar-refractivity contribution in [1.82, 2.24) is 4.98 Å². The monoisotopic (exact) mass is 379 g/mol. The van der Waals surface area contributed by atoms with E-state index >= 15 is 0 Å². The first-order valence-electron chi connectivity index (χ1n) is 7.21. The maximum absolute atomic E-state index is 12.3. The van der Waals surface area contributed by atoms with Gasteiger partial charge in [-0.25, -0.2) is 4.79 Å². The van der Waals surface area contributed by atoms with Crippen LogP contribution in [0.3, 0.4) is 0 Å². The highest BCUT2D eigenvalue weighted by atomic mass is 79.9. The Bertz CT molecular complexity index is 719. The fraction of sp³-hybridized carbons (Fsp3) is 0.294. The van der Waals surface area contributed by atoms with Gasteiger partial charge in [-0.1, -0.05) is 15.9 Å². The molecule has 1 aromatic carbocycles. The average molecular weight is 380 g/mol. The number of H-pyrrole nitrogens is 1. The third-order valence-electron chi connectivity index (χ3n) is 3.38. The standard InChI is InChI=1S/C17H18BrNO4/c1-4-22-17(21)15-10(2)16(19-11(15)3)14(20)9-23-13-7-5-12(18)6-8-13/h5-8,19H,4,9H2,1-3H3. The molecule has 0 bridgehead atoms. The summed E-state index contributed by atoms with van der Waals surface area (Å²) < 4.78 is 11.4. The zero-order chi connectivity index (χ0) is 17.0. The molecule has 0 saturated heterocycles. The first-order valence-corrected chi connectivity index (χ1v) is 8.01. The van der Waals surface area contributed by atoms with Crippen LogP contribution in [0.5, 0.6) is 5.75 Å². The SMILES string of the molecule is CCOC(=O)c1c(C)[nH]c(C(=O)COc2ccc(Br)cc2)c1C. The predicted octanol–water partition coefficient (Wildman–Crippen LogP) is 3.83. The van der Waals surface area contributed by atoms with Gasteiger partial charge in [0, 0.05) is 10.2 Å². The van der Waals surface area contributed by atoms with Gasteiger partial charge in [0.05, 0.1) is 17.9 Å². The summed E-state index contributed by atoms with van der Waals surface area (Å²) in [5.41, 5.74) is 2.00. The van der Waals surface area contributed by atoms with E-state index in [2.05, 4.69) is 20.9 Å². The summed E-state index contributed by atoms with van der Waals surface area (Å²) in [7, 11) is 0. The van der Waals surface area contributed by atoms with Gasteiger partial charge in [0.15, 0.2) is 6.61 Å². The number of esters is 1. The number of ketones is 1. The van der Waals surface area contributed by atoms with Crippen LogP contribution in [-0.4, -0.2) is 30.0 Å². The third-order valence-corrected chi connectivity index (χ3v) is 3.91. The molecule has 5 nitrogen and oxygen atoms in total. The Balaban J connectivity index is 2.12. The molecule has 0 amide bonds. The van der Waals surface area contributed by atoms with E-state index in [-0.39, 0.29) is 12.4 Å². The molecule has 0 spiro atoms. The molecule has 0 unspecified atom stereocenters. The van der Waals surface area contributed by atoms with Gasteiger partial charge < -0.3 is 14.5 Å². The van der Waals surface area contributed by atoms with Crippen molar-refractivity contribution < 1.29 is 19.1 Å². The minimum absolute atomic E-state index is 0.106. The zero-order valence-electron chi connectivity index (χ0n) is 13.2. The van der Waals surface area contributed by atoms with Crippen LogP contribution in [0.15, 0.2) is 28.7 Å². The molecule has 1 aromatic heterocycles. The van der Waals surface area contributed by atoms with Gasteiger partial charge in [-0.05, 0) is 50.6 Å². The van der Waals surface area contributed by atoms with Crippen molar-refractivity contribution in [3.05, 3.63) is 51.3 Å². The Kier molecular flexibility index (Phi) is 5.60. The minimum atomic E-state index is -0.424. The lowest BCUT2D eigenvalue weighted by molar-refractivity contribution is 0.0525. The van der Waals surface area contributed by atoms with E-state index < -0.39 is 5.97 Å². The van der Waals surface area contributed by atoms with Crippen molar-refractivity contribution in [2.24, 2.45) is 0 Å². The second-order valence-corrected chi connectivity index (χ2v) is 5.93. The first kappa shape index (κ1) is 17.3. The van der Waals surface area contributed by atoms with E-state index in [0.717, 1.165) is 4.47 Å². The minimum Gasteiger partial charge on any atom is -0.485 e. The second-order valence-electron chi connectivity index (χ2n) is 5.01. The molecule has 0 aliphatic rings. The average Bonchev–Trinajstić information content (AvgIpc) is 2.81. The molecule has 1 heterocycles. The molecule has 2 aromatic rings. The number of benzene rings is 1. The lowest BCUT2D eigenvalue weighted by Gasteiger charge is -2.06. The maximum Gasteiger partial charge on any atom is 0.340 e. The van der Waals surface area contributed by atoms with Crippen LogP contribution in [0.4, 0.5) is 0 Å². The lowest BCUT2D eigenvalue weighted by Crippen LogP contribution is -2.13. The van der Waals surface area contributed by atoms with Gasteiger partial charge in [-0.2, -0.15) is 0 Å². The van der Waals surface area contributed by atoms with Gasteiger partial charge in [0.1, 0.15) is 5.75 Å². The van der Waals surface area contributed by atoms with E-state index in [1.807, 2.05) is 12.1 Å². The molecular formula is C17H18BrNO4. The van der Waals surface area contributed by atoms with Gasteiger partial charge >= 0.3 is 5.97 Å². The summed E-state index contributed by atoms with van der Waals surface area (Å²) in [5.74, 6) is -0.0382. The highest BCUT2D eigenvalue weighted by molar-refractivity contribution is 9.10. The van der Waals surface area contributed by atoms with Gasteiger partial charge in [0.2, 0.25) is 5.78 Å². The number of carbonyl (C=O) groups excluding carboxylic acids is 2. The van der Waals surface area contributed by atoms with Crippen LogP contribution in [0, 0.1) is 13.8 Å². The lowest BCUT2D eigenvalue weighted by atomic mass is 10.1. The third kappa shape index (κ3) is 4.01. The molecule has 0 atom stereocenters. The Labute approximate surface area is 143 Å². The molecule has 2 rings (SSSR count). The highest BCUT2D eigenvalue weighted by Gasteiger charge is 2.22. The number of aryl methyl sites for hydroxylation is 1. The zero-order valence-corrected chi connectivity index (χ0v) is 14.8. The summed E-state index contributed by atoms with van der Waals surface area (Å²) in [4.78, 5) is 27.2. The van der Waals surface area contributed by atoms with Crippen LogP contribution < -0.4 is 4.74 Å². The molecule has 0 aliphatic carbocycles. The van der Waals surface area contributed by atoms with Crippen molar-refractivity contribution >= 4 is 27.7 Å². The van der Waals surface area contributed by atoms with Crippen LogP contribution >= 0.6 is 15.9 Å².